The van der Waals surface area contributed by atoms with Crippen molar-refractivity contribution in [1.29, 1.82) is 0 Å². The molecule has 0 aromatic carbocycles. The second kappa shape index (κ2) is 9.23. The van der Waals surface area contributed by atoms with Crippen LogP contribution in [-0.4, -0.2) is 29.3 Å². The molecule has 120 valence electrons. The molecule has 0 unspecified atom stereocenters. The molecule has 1 aromatic heterocycles. The fourth-order valence-electron chi connectivity index (χ4n) is 1.94. The predicted molar refractivity (Wildman–Crippen MR) is 84.9 cm³/mol. The lowest BCUT2D eigenvalue weighted by Crippen LogP contribution is -2.34. The van der Waals surface area contributed by atoms with Crippen molar-refractivity contribution >= 4 is 11.5 Å². The number of nitrogens with one attached hydrogen (secondary N) is 2. The summed E-state index contributed by atoms with van der Waals surface area (Å²) in [6, 6.07) is 0. The van der Waals surface area contributed by atoms with E-state index in [4.69, 9.17) is 10.5 Å². The van der Waals surface area contributed by atoms with Gasteiger partial charge in [-0.1, -0.05) is 20.3 Å². The van der Waals surface area contributed by atoms with Crippen molar-refractivity contribution in [3.05, 3.63) is 20.8 Å². The van der Waals surface area contributed by atoms with Crippen LogP contribution in [-0.2, 0) is 11.3 Å². The van der Waals surface area contributed by atoms with Crippen LogP contribution in [0.5, 0.6) is 0 Å². The number of ether oxygens (including phenoxy) is 1. The average Bonchev–Trinajstić information content (AvgIpc) is 2.45. The smallest absolute Gasteiger partial charge is 0.330 e. The Kier molecular flexibility index (Phi) is 7.60. The minimum Gasteiger partial charge on any atom is -0.383 e. The number of aromatic nitrogens is 2. The second-order valence-corrected chi connectivity index (χ2v) is 4.92. The second-order valence-electron chi connectivity index (χ2n) is 4.92. The van der Waals surface area contributed by atoms with Gasteiger partial charge < -0.3 is 15.8 Å². The number of aromatic amines is 1. The standard InChI is InChI=1S/C14H26N4O3/c1-3-5-9-21-10-6-7-16-11-12(15)18(8-4-2)14(20)17-13(11)19/h16H,3-10,15H2,1-2H3,(H,17,19,20). The van der Waals surface area contributed by atoms with Gasteiger partial charge in [-0.05, 0) is 19.3 Å². The zero-order chi connectivity index (χ0) is 15.7. The van der Waals surface area contributed by atoms with Crippen molar-refractivity contribution in [2.75, 3.05) is 30.8 Å². The SMILES string of the molecule is CCCCOCCCNc1c(N)n(CCC)c(=O)[nH]c1=O. The minimum atomic E-state index is -0.475. The highest BCUT2D eigenvalue weighted by Crippen LogP contribution is 2.10. The van der Waals surface area contributed by atoms with Crippen molar-refractivity contribution in [3.8, 4) is 0 Å². The van der Waals surface area contributed by atoms with E-state index in [0.717, 1.165) is 32.3 Å². The highest BCUT2D eigenvalue weighted by molar-refractivity contribution is 5.60. The molecule has 0 saturated heterocycles. The lowest BCUT2D eigenvalue weighted by molar-refractivity contribution is 0.131. The van der Waals surface area contributed by atoms with Crippen LogP contribution in [0.4, 0.5) is 11.5 Å². The largest absolute Gasteiger partial charge is 0.383 e. The fourth-order valence-corrected chi connectivity index (χ4v) is 1.94. The molecule has 0 aliphatic carbocycles. The molecule has 0 spiro atoms. The number of unbranched alkanes of at least 4 members (excludes halogenated alkanes) is 1. The molecular formula is C14H26N4O3. The number of H-pyrrole nitrogens is 1. The molecule has 0 aliphatic heterocycles. The van der Waals surface area contributed by atoms with E-state index in [9.17, 15) is 9.59 Å². The molecule has 1 aromatic rings. The third-order valence-corrected chi connectivity index (χ3v) is 3.10. The average molecular weight is 298 g/mol. The van der Waals surface area contributed by atoms with Crippen LogP contribution in [0, 0.1) is 0 Å². The Bertz CT molecular complexity index is 536. The molecular weight excluding hydrogens is 272 g/mol. The summed E-state index contributed by atoms with van der Waals surface area (Å²) in [4.78, 5) is 25.7. The zero-order valence-corrected chi connectivity index (χ0v) is 12.9. The van der Waals surface area contributed by atoms with Crippen LogP contribution in [0.15, 0.2) is 9.59 Å². The molecule has 1 heterocycles. The van der Waals surface area contributed by atoms with Gasteiger partial charge in [0.1, 0.15) is 11.5 Å². The summed E-state index contributed by atoms with van der Waals surface area (Å²) in [5.41, 5.74) is 5.22. The lowest BCUT2D eigenvalue weighted by atomic mass is 10.3. The van der Waals surface area contributed by atoms with E-state index in [0.29, 0.717) is 19.7 Å². The maximum Gasteiger partial charge on any atom is 0.330 e. The molecule has 0 atom stereocenters. The molecule has 7 nitrogen and oxygen atoms in total. The zero-order valence-electron chi connectivity index (χ0n) is 12.9. The molecule has 0 fully saturated rings. The van der Waals surface area contributed by atoms with Crippen molar-refractivity contribution in [2.24, 2.45) is 0 Å². The van der Waals surface area contributed by atoms with Gasteiger partial charge in [-0.15, -0.1) is 0 Å². The number of hydrogen-bond acceptors (Lipinski definition) is 5. The Balaban J connectivity index is 2.57. The lowest BCUT2D eigenvalue weighted by Gasteiger charge is -2.13. The van der Waals surface area contributed by atoms with Crippen LogP contribution < -0.4 is 22.3 Å². The highest BCUT2D eigenvalue weighted by Gasteiger charge is 2.10. The third kappa shape index (κ3) is 5.26. The van der Waals surface area contributed by atoms with E-state index in [2.05, 4.69) is 17.2 Å². The first-order valence-corrected chi connectivity index (χ1v) is 7.56. The van der Waals surface area contributed by atoms with Gasteiger partial charge in [0, 0.05) is 26.3 Å². The van der Waals surface area contributed by atoms with Gasteiger partial charge in [0.05, 0.1) is 0 Å². The quantitative estimate of drug-likeness (QED) is 0.562. The van der Waals surface area contributed by atoms with E-state index in [1.54, 1.807) is 0 Å². The van der Waals surface area contributed by atoms with Crippen LogP contribution >= 0.6 is 0 Å². The fraction of sp³-hybridized carbons (Fsp3) is 0.714. The van der Waals surface area contributed by atoms with Gasteiger partial charge in [-0.2, -0.15) is 0 Å². The van der Waals surface area contributed by atoms with Crippen molar-refractivity contribution in [3.63, 3.8) is 0 Å². The van der Waals surface area contributed by atoms with Crippen LogP contribution in [0.1, 0.15) is 39.5 Å². The van der Waals surface area contributed by atoms with E-state index in [1.807, 2.05) is 6.92 Å². The first kappa shape index (κ1) is 17.3. The normalized spacial score (nSPS) is 10.8. The van der Waals surface area contributed by atoms with Crippen LogP contribution in [0.2, 0.25) is 0 Å². The Morgan fingerprint density at radius 2 is 1.90 bits per heavy atom. The van der Waals surface area contributed by atoms with Crippen molar-refractivity contribution in [1.82, 2.24) is 9.55 Å². The Morgan fingerprint density at radius 3 is 2.57 bits per heavy atom. The molecule has 0 aliphatic rings. The number of rotatable bonds is 10. The molecule has 21 heavy (non-hydrogen) atoms. The Hall–Kier alpha value is -1.76. The molecule has 4 N–H and O–H groups in total. The molecule has 0 bridgehead atoms. The first-order valence-electron chi connectivity index (χ1n) is 7.56. The summed E-state index contributed by atoms with van der Waals surface area (Å²) < 4.78 is 6.82. The number of nitrogens with zero attached hydrogens (tertiary/aromatic N) is 1. The number of anilines is 2. The van der Waals surface area contributed by atoms with Crippen LogP contribution in [0.3, 0.4) is 0 Å². The summed E-state index contributed by atoms with van der Waals surface area (Å²) in [6.45, 7) is 6.52. The van der Waals surface area contributed by atoms with Crippen molar-refractivity contribution < 1.29 is 4.74 Å². The number of nitrogens with two attached hydrogens (primary N) is 1. The molecule has 7 heteroatoms. The molecule has 0 amide bonds. The van der Waals surface area contributed by atoms with E-state index in [1.165, 1.54) is 4.57 Å². The number of nitrogen functional groups attached to an aromatic ring is 1. The van der Waals surface area contributed by atoms with Gasteiger partial charge >= 0.3 is 5.69 Å². The summed E-state index contributed by atoms with van der Waals surface area (Å²) in [6.07, 6.45) is 3.71. The van der Waals surface area contributed by atoms with Crippen LogP contribution in [0.25, 0.3) is 0 Å². The summed E-state index contributed by atoms with van der Waals surface area (Å²) >= 11 is 0. The van der Waals surface area contributed by atoms with Gasteiger partial charge in [0.2, 0.25) is 0 Å². The predicted octanol–water partition coefficient (Wildman–Crippen LogP) is 1.15. The van der Waals surface area contributed by atoms with E-state index < -0.39 is 11.2 Å². The monoisotopic (exact) mass is 298 g/mol. The Morgan fingerprint density at radius 1 is 1.19 bits per heavy atom. The van der Waals surface area contributed by atoms with Gasteiger partial charge in [-0.3, -0.25) is 14.3 Å². The maximum absolute atomic E-state index is 11.8. The van der Waals surface area contributed by atoms with E-state index >= 15 is 0 Å². The highest BCUT2D eigenvalue weighted by atomic mass is 16.5. The maximum atomic E-state index is 11.8. The topological polar surface area (TPSA) is 102 Å². The molecule has 0 saturated carbocycles. The Labute approximate surface area is 124 Å². The van der Waals surface area contributed by atoms with Gasteiger partial charge in [0.25, 0.3) is 5.56 Å². The third-order valence-electron chi connectivity index (χ3n) is 3.10. The number of hydrogen-bond donors (Lipinski definition) is 3. The van der Waals surface area contributed by atoms with Crippen molar-refractivity contribution in [2.45, 2.75) is 46.1 Å². The summed E-state index contributed by atoms with van der Waals surface area (Å²) in [7, 11) is 0. The summed E-state index contributed by atoms with van der Waals surface area (Å²) in [5, 5.41) is 2.99. The minimum absolute atomic E-state index is 0.192. The van der Waals surface area contributed by atoms with Gasteiger partial charge in [0.15, 0.2) is 0 Å². The molecule has 1 rings (SSSR count). The van der Waals surface area contributed by atoms with E-state index in [-0.39, 0.29) is 11.5 Å². The first-order chi connectivity index (χ1) is 10.1. The van der Waals surface area contributed by atoms with Gasteiger partial charge in [-0.25, -0.2) is 4.79 Å². The summed E-state index contributed by atoms with van der Waals surface area (Å²) in [5.74, 6) is 0.192. The molecule has 0 radical (unpaired) electrons.